The lowest BCUT2D eigenvalue weighted by Gasteiger charge is -2.41. The first kappa shape index (κ1) is 19.1. The first-order chi connectivity index (χ1) is 12.4. The summed E-state index contributed by atoms with van der Waals surface area (Å²) in [6, 6.07) is 2.40. The number of carbonyl (C=O) groups is 1. The molecule has 26 heavy (non-hydrogen) atoms. The van der Waals surface area contributed by atoms with E-state index in [1.165, 1.54) is 0 Å². The third-order valence-corrected chi connectivity index (χ3v) is 5.05. The van der Waals surface area contributed by atoms with Gasteiger partial charge in [0, 0.05) is 24.9 Å². The summed E-state index contributed by atoms with van der Waals surface area (Å²) in [5.74, 6) is -1.69. The van der Waals surface area contributed by atoms with Crippen LogP contribution in [0.15, 0.2) is 18.2 Å². The molecule has 4 nitrogen and oxygen atoms in total. The van der Waals surface area contributed by atoms with Gasteiger partial charge in [-0.15, -0.1) is 0 Å². The fourth-order valence-corrected chi connectivity index (χ4v) is 3.74. The van der Waals surface area contributed by atoms with E-state index in [1.807, 2.05) is 0 Å². The number of halogens is 4. The van der Waals surface area contributed by atoms with Gasteiger partial charge in [0.2, 0.25) is 5.91 Å². The molecule has 2 aliphatic rings. The van der Waals surface area contributed by atoms with E-state index in [4.69, 9.17) is 4.74 Å². The van der Waals surface area contributed by atoms with Crippen molar-refractivity contribution in [3.8, 4) is 0 Å². The van der Waals surface area contributed by atoms with Crippen molar-refractivity contribution in [3.63, 3.8) is 0 Å². The molecule has 0 bridgehead atoms. The van der Waals surface area contributed by atoms with E-state index in [1.54, 1.807) is 0 Å². The normalized spacial score (nSPS) is 23.0. The number of rotatable bonds is 3. The minimum Gasteiger partial charge on any atom is -0.381 e. The maximum absolute atomic E-state index is 13.4. The SMILES string of the molecule is O=C(Nc1ccc(F)c(C(F)(F)F)c1)[C@@H]1CCCCN1C1CCOCC1. The van der Waals surface area contributed by atoms with Gasteiger partial charge in [-0.25, -0.2) is 4.39 Å². The van der Waals surface area contributed by atoms with Crippen LogP contribution in [0.2, 0.25) is 0 Å². The number of nitrogens with zero attached hydrogens (tertiary/aromatic N) is 1. The van der Waals surface area contributed by atoms with E-state index < -0.39 is 17.6 Å². The molecule has 1 amide bonds. The minimum absolute atomic E-state index is 0.0405. The second-order valence-corrected chi connectivity index (χ2v) is 6.77. The Morgan fingerprint density at radius 3 is 2.58 bits per heavy atom. The molecule has 8 heteroatoms. The number of likely N-dealkylation sites (tertiary alicyclic amines) is 1. The Kier molecular flexibility index (Phi) is 5.82. The predicted molar refractivity (Wildman–Crippen MR) is 88.2 cm³/mol. The molecule has 144 valence electrons. The third kappa shape index (κ3) is 4.35. The molecule has 1 aromatic carbocycles. The summed E-state index contributed by atoms with van der Waals surface area (Å²) in [5, 5.41) is 2.54. The molecule has 0 unspecified atom stereocenters. The van der Waals surface area contributed by atoms with E-state index in [0.717, 1.165) is 44.4 Å². The number of ether oxygens (including phenoxy) is 1. The van der Waals surface area contributed by atoms with Crippen LogP contribution < -0.4 is 5.32 Å². The number of hydrogen-bond donors (Lipinski definition) is 1. The Labute approximate surface area is 149 Å². The molecular formula is C18H22F4N2O2. The molecule has 1 N–H and O–H groups in total. The first-order valence-corrected chi connectivity index (χ1v) is 8.87. The summed E-state index contributed by atoms with van der Waals surface area (Å²) in [7, 11) is 0. The molecule has 0 saturated carbocycles. The highest BCUT2D eigenvalue weighted by Gasteiger charge is 2.36. The van der Waals surface area contributed by atoms with E-state index in [9.17, 15) is 22.4 Å². The average molecular weight is 374 g/mol. The highest BCUT2D eigenvalue weighted by molar-refractivity contribution is 5.95. The van der Waals surface area contributed by atoms with Crippen molar-refractivity contribution in [3.05, 3.63) is 29.6 Å². The summed E-state index contributed by atoms with van der Waals surface area (Å²) < 4.78 is 57.3. The quantitative estimate of drug-likeness (QED) is 0.818. The van der Waals surface area contributed by atoms with Crippen LogP contribution in [0.5, 0.6) is 0 Å². The number of alkyl halides is 3. The molecule has 2 aliphatic heterocycles. The highest BCUT2D eigenvalue weighted by Crippen LogP contribution is 2.33. The fourth-order valence-electron chi connectivity index (χ4n) is 3.74. The van der Waals surface area contributed by atoms with Gasteiger partial charge in [0.05, 0.1) is 11.6 Å². The largest absolute Gasteiger partial charge is 0.419 e. The van der Waals surface area contributed by atoms with Crippen LogP contribution >= 0.6 is 0 Å². The van der Waals surface area contributed by atoms with Crippen molar-refractivity contribution in [1.29, 1.82) is 0 Å². The fraction of sp³-hybridized carbons (Fsp3) is 0.611. The number of hydrogen-bond acceptors (Lipinski definition) is 3. The minimum atomic E-state index is -4.80. The molecule has 0 aliphatic carbocycles. The third-order valence-electron chi connectivity index (χ3n) is 5.05. The van der Waals surface area contributed by atoms with Gasteiger partial charge in [0.15, 0.2) is 0 Å². The standard InChI is InChI=1S/C18H22F4N2O2/c19-15-5-4-12(11-14(15)18(20,21)22)23-17(25)16-3-1-2-8-24(16)13-6-9-26-10-7-13/h4-5,11,13,16H,1-3,6-10H2,(H,23,25)/t16-/m0/s1. The molecule has 2 heterocycles. The summed E-state index contributed by atoms with van der Waals surface area (Å²) in [6.45, 7) is 2.10. The number of benzene rings is 1. The summed E-state index contributed by atoms with van der Waals surface area (Å²) in [6.07, 6.45) is -0.553. The molecule has 0 aromatic heterocycles. The van der Waals surface area contributed by atoms with Gasteiger partial charge in [0.25, 0.3) is 0 Å². The number of carbonyl (C=O) groups excluding carboxylic acids is 1. The lowest BCUT2D eigenvalue weighted by atomic mass is 9.96. The zero-order valence-corrected chi connectivity index (χ0v) is 14.3. The van der Waals surface area contributed by atoms with Gasteiger partial charge >= 0.3 is 6.18 Å². The Morgan fingerprint density at radius 1 is 1.15 bits per heavy atom. The Morgan fingerprint density at radius 2 is 1.88 bits per heavy atom. The van der Waals surface area contributed by atoms with Crippen LogP contribution in [0.1, 0.15) is 37.7 Å². The van der Waals surface area contributed by atoms with E-state index in [2.05, 4.69) is 10.2 Å². The van der Waals surface area contributed by atoms with Crippen molar-refractivity contribution < 1.29 is 27.1 Å². The van der Waals surface area contributed by atoms with Gasteiger partial charge in [-0.2, -0.15) is 13.2 Å². The summed E-state index contributed by atoms with van der Waals surface area (Å²) in [4.78, 5) is 14.9. The van der Waals surface area contributed by atoms with Crippen molar-refractivity contribution in [2.75, 3.05) is 25.1 Å². The zero-order valence-electron chi connectivity index (χ0n) is 14.3. The molecule has 0 radical (unpaired) electrons. The first-order valence-electron chi connectivity index (χ1n) is 8.87. The summed E-state index contributed by atoms with van der Waals surface area (Å²) in [5.41, 5.74) is -1.42. The average Bonchev–Trinajstić information content (AvgIpc) is 2.63. The van der Waals surface area contributed by atoms with Crippen molar-refractivity contribution in [1.82, 2.24) is 4.90 Å². The molecule has 1 atom stereocenters. The second-order valence-electron chi connectivity index (χ2n) is 6.77. The van der Waals surface area contributed by atoms with Crippen molar-refractivity contribution >= 4 is 11.6 Å². The molecule has 2 fully saturated rings. The van der Waals surface area contributed by atoms with Gasteiger partial charge in [-0.1, -0.05) is 6.42 Å². The van der Waals surface area contributed by atoms with Crippen LogP contribution in [0.3, 0.4) is 0 Å². The van der Waals surface area contributed by atoms with Crippen molar-refractivity contribution in [2.45, 2.75) is 50.4 Å². The number of piperidine rings is 1. The monoisotopic (exact) mass is 374 g/mol. The van der Waals surface area contributed by atoms with Gasteiger partial charge in [-0.3, -0.25) is 9.69 Å². The van der Waals surface area contributed by atoms with Crippen LogP contribution in [0, 0.1) is 5.82 Å². The maximum Gasteiger partial charge on any atom is 0.419 e. The van der Waals surface area contributed by atoms with Crippen molar-refractivity contribution in [2.24, 2.45) is 0 Å². The number of anilines is 1. The molecule has 2 saturated heterocycles. The molecular weight excluding hydrogens is 352 g/mol. The highest BCUT2D eigenvalue weighted by atomic mass is 19.4. The van der Waals surface area contributed by atoms with Crippen LogP contribution in [-0.2, 0) is 15.7 Å². The second kappa shape index (κ2) is 7.92. The van der Waals surface area contributed by atoms with Crippen LogP contribution in [0.4, 0.5) is 23.2 Å². The van der Waals surface area contributed by atoms with Gasteiger partial charge in [0.1, 0.15) is 5.82 Å². The van der Waals surface area contributed by atoms with Gasteiger partial charge < -0.3 is 10.1 Å². The number of nitrogens with one attached hydrogen (secondary N) is 1. The van der Waals surface area contributed by atoms with E-state index in [0.29, 0.717) is 25.7 Å². The Balaban J connectivity index is 1.73. The maximum atomic E-state index is 13.4. The molecule has 0 spiro atoms. The van der Waals surface area contributed by atoms with Crippen LogP contribution in [0.25, 0.3) is 0 Å². The molecule has 3 rings (SSSR count). The van der Waals surface area contributed by atoms with Crippen LogP contribution in [-0.4, -0.2) is 42.6 Å². The van der Waals surface area contributed by atoms with E-state index >= 15 is 0 Å². The molecule has 1 aromatic rings. The number of amides is 1. The Hall–Kier alpha value is -1.67. The van der Waals surface area contributed by atoms with Gasteiger partial charge in [-0.05, 0) is 50.4 Å². The lowest BCUT2D eigenvalue weighted by molar-refractivity contribution is -0.140. The zero-order chi connectivity index (χ0) is 18.7. The predicted octanol–water partition coefficient (Wildman–Crippen LogP) is 3.82. The topological polar surface area (TPSA) is 41.6 Å². The Bertz CT molecular complexity index is 645. The summed E-state index contributed by atoms with van der Waals surface area (Å²) >= 11 is 0. The lowest BCUT2D eigenvalue weighted by Crippen LogP contribution is -2.53. The smallest absolute Gasteiger partial charge is 0.381 e. The van der Waals surface area contributed by atoms with E-state index in [-0.39, 0.29) is 23.7 Å².